The summed E-state index contributed by atoms with van der Waals surface area (Å²) >= 11 is 0. The molecule has 2 heterocycles. The summed E-state index contributed by atoms with van der Waals surface area (Å²) in [6, 6.07) is 3.71. The summed E-state index contributed by atoms with van der Waals surface area (Å²) < 4.78 is 2.22. The van der Waals surface area contributed by atoms with Gasteiger partial charge >= 0.3 is 6.03 Å². The van der Waals surface area contributed by atoms with E-state index in [1.165, 1.54) is 42.6 Å². The molecule has 1 aliphatic carbocycles. The number of pyridine rings is 1. The van der Waals surface area contributed by atoms with Gasteiger partial charge in [0.2, 0.25) is 0 Å². The number of hydrogen-bond acceptors (Lipinski definition) is 3. The van der Waals surface area contributed by atoms with Crippen LogP contribution in [0.25, 0.3) is 11.3 Å². The van der Waals surface area contributed by atoms with Crippen LogP contribution in [0.5, 0.6) is 0 Å². The molecule has 2 aromatic heterocycles. The number of imidazole rings is 1. The van der Waals surface area contributed by atoms with Gasteiger partial charge in [-0.3, -0.25) is 4.57 Å². The molecule has 0 saturated heterocycles. The maximum atomic E-state index is 12.5. The van der Waals surface area contributed by atoms with E-state index in [0.717, 1.165) is 17.6 Å². The van der Waals surface area contributed by atoms with Crippen LogP contribution in [-0.4, -0.2) is 33.6 Å². The number of hydrogen-bond donors (Lipinski definition) is 0. The fourth-order valence-corrected chi connectivity index (χ4v) is 2.99. The summed E-state index contributed by atoms with van der Waals surface area (Å²) in [6.07, 6.45) is 11.8. The lowest BCUT2D eigenvalue weighted by molar-refractivity contribution is -0.604. The van der Waals surface area contributed by atoms with Crippen molar-refractivity contribution in [3.05, 3.63) is 42.3 Å². The predicted octanol–water partition coefficient (Wildman–Crippen LogP) is 2.42. The molecule has 1 amide bonds. The average Bonchev–Trinajstić information content (AvgIpc) is 3.04. The second-order valence-corrected chi connectivity index (χ2v) is 5.80. The fraction of sp³-hybridized carbons (Fsp3) is 0.438. The Balaban J connectivity index is 1.76. The zero-order chi connectivity index (χ0) is 15.5. The molecule has 2 aromatic rings. The van der Waals surface area contributed by atoms with E-state index >= 15 is 0 Å². The van der Waals surface area contributed by atoms with E-state index in [-0.39, 0.29) is 6.03 Å². The molecule has 6 heteroatoms. The fourth-order valence-electron chi connectivity index (χ4n) is 2.99. The van der Waals surface area contributed by atoms with Crippen molar-refractivity contribution in [2.45, 2.75) is 38.1 Å². The average molecular weight is 300 g/mol. The molecule has 1 saturated carbocycles. The van der Waals surface area contributed by atoms with Crippen LogP contribution in [0.15, 0.2) is 37.1 Å². The molecule has 0 atom stereocenters. The SMILES string of the molecule is CN(C(=O)n1cnc(-c2ccc[n+]([O-])c2)c1)C1CCCCC1. The van der Waals surface area contributed by atoms with Crippen molar-refractivity contribution in [3.8, 4) is 11.3 Å². The topological polar surface area (TPSA) is 65.1 Å². The smallest absolute Gasteiger partial charge is 0.329 e. The number of nitrogens with zero attached hydrogens (tertiary/aromatic N) is 4. The molecule has 116 valence electrons. The summed E-state index contributed by atoms with van der Waals surface area (Å²) in [6.45, 7) is 0. The predicted molar refractivity (Wildman–Crippen MR) is 82.1 cm³/mol. The highest BCUT2D eigenvalue weighted by atomic mass is 16.5. The maximum Gasteiger partial charge on any atom is 0.329 e. The van der Waals surface area contributed by atoms with Crippen LogP contribution in [0.3, 0.4) is 0 Å². The van der Waals surface area contributed by atoms with E-state index in [1.54, 1.807) is 18.3 Å². The van der Waals surface area contributed by atoms with Crippen LogP contribution >= 0.6 is 0 Å². The van der Waals surface area contributed by atoms with Crippen molar-refractivity contribution in [3.63, 3.8) is 0 Å². The minimum Gasteiger partial charge on any atom is -0.619 e. The first-order valence-electron chi connectivity index (χ1n) is 7.65. The van der Waals surface area contributed by atoms with Crippen LogP contribution in [0.4, 0.5) is 4.79 Å². The third kappa shape index (κ3) is 2.95. The van der Waals surface area contributed by atoms with Crippen LogP contribution in [0.2, 0.25) is 0 Å². The molecule has 0 spiro atoms. The first-order valence-corrected chi connectivity index (χ1v) is 7.65. The number of carbonyl (C=O) groups excluding carboxylic acids is 1. The highest BCUT2D eigenvalue weighted by molar-refractivity contribution is 5.78. The Kier molecular flexibility index (Phi) is 4.09. The molecular weight excluding hydrogens is 280 g/mol. The van der Waals surface area contributed by atoms with Gasteiger partial charge in [0.05, 0.1) is 11.3 Å². The first kappa shape index (κ1) is 14.6. The Morgan fingerprint density at radius 2 is 2.18 bits per heavy atom. The second-order valence-electron chi connectivity index (χ2n) is 5.80. The van der Waals surface area contributed by atoms with E-state index in [0.29, 0.717) is 17.3 Å². The normalized spacial score (nSPS) is 15.7. The van der Waals surface area contributed by atoms with Crippen molar-refractivity contribution in [1.29, 1.82) is 0 Å². The van der Waals surface area contributed by atoms with Gasteiger partial charge < -0.3 is 10.1 Å². The highest BCUT2D eigenvalue weighted by Gasteiger charge is 2.23. The number of amides is 1. The van der Waals surface area contributed by atoms with E-state index < -0.39 is 0 Å². The van der Waals surface area contributed by atoms with Gasteiger partial charge in [-0.15, -0.1) is 0 Å². The molecule has 0 N–H and O–H groups in total. The van der Waals surface area contributed by atoms with Crippen LogP contribution in [-0.2, 0) is 0 Å². The molecule has 1 fully saturated rings. The Morgan fingerprint density at radius 3 is 2.91 bits per heavy atom. The quantitative estimate of drug-likeness (QED) is 0.632. The minimum atomic E-state index is -0.0726. The summed E-state index contributed by atoms with van der Waals surface area (Å²) in [7, 11) is 1.85. The molecular formula is C16H20N4O2. The summed E-state index contributed by atoms with van der Waals surface area (Å²) in [5, 5.41) is 11.3. The molecule has 0 unspecified atom stereocenters. The third-order valence-electron chi connectivity index (χ3n) is 4.30. The lowest BCUT2D eigenvalue weighted by Gasteiger charge is -2.31. The highest BCUT2D eigenvalue weighted by Crippen LogP contribution is 2.22. The van der Waals surface area contributed by atoms with Crippen LogP contribution in [0.1, 0.15) is 32.1 Å². The Morgan fingerprint density at radius 1 is 1.41 bits per heavy atom. The molecule has 0 aromatic carbocycles. The number of rotatable bonds is 2. The Bertz CT molecular complexity index is 662. The van der Waals surface area contributed by atoms with E-state index in [2.05, 4.69) is 4.98 Å². The summed E-state index contributed by atoms with van der Waals surface area (Å²) in [5.41, 5.74) is 1.32. The minimum absolute atomic E-state index is 0.0726. The molecule has 6 nitrogen and oxygen atoms in total. The van der Waals surface area contributed by atoms with Gasteiger partial charge in [0, 0.05) is 25.4 Å². The van der Waals surface area contributed by atoms with Gasteiger partial charge in [0.15, 0.2) is 12.4 Å². The second kappa shape index (κ2) is 6.17. The lowest BCUT2D eigenvalue weighted by atomic mass is 9.95. The third-order valence-corrected chi connectivity index (χ3v) is 4.30. The zero-order valence-corrected chi connectivity index (χ0v) is 12.7. The largest absolute Gasteiger partial charge is 0.619 e. The van der Waals surface area contributed by atoms with Crippen molar-refractivity contribution >= 4 is 6.03 Å². The molecule has 3 rings (SSSR count). The first-order chi connectivity index (χ1) is 10.6. The Hall–Kier alpha value is -2.37. The van der Waals surface area contributed by atoms with Crippen molar-refractivity contribution < 1.29 is 9.52 Å². The van der Waals surface area contributed by atoms with Gasteiger partial charge in [-0.25, -0.2) is 9.78 Å². The van der Waals surface area contributed by atoms with Crippen LogP contribution < -0.4 is 4.73 Å². The van der Waals surface area contributed by atoms with E-state index in [9.17, 15) is 10.0 Å². The molecule has 1 aliphatic rings. The molecule has 0 aliphatic heterocycles. The van der Waals surface area contributed by atoms with Gasteiger partial charge in [0.1, 0.15) is 6.33 Å². The van der Waals surface area contributed by atoms with Crippen LogP contribution in [0, 0.1) is 5.21 Å². The maximum absolute atomic E-state index is 12.5. The van der Waals surface area contributed by atoms with E-state index in [4.69, 9.17) is 0 Å². The summed E-state index contributed by atoms with van der Waals surface area (Å²) in [4.78, 5) is 18.6. The standard InChI is InChI=1S/C16H20N4O2/c1-18(14-7-3-2-4-8-14)16(21)19-11-15(17-12-19)13-6-5-9-20(22)10-13/h5-6,9-12,14H,2-4,7-8H2,1H3. The van der Waals surface area contributed by atoms with Crippen molar-refractivity contribution in [1.82, 2.24) is 14.5 Å². The molecule has 0 radical (unpaired) electrons. The Labute approximate surface area is 129 Å². The van der Waals surface area contributed by atoms with Gasteiger partial charge in [-0.1, -0.05) is 19.3 Å². The van der Waals surface area contributed by atoms with Crippen molar-refractivity contribution in [2.24, 2.45) is 0 Å². The number of aromatic nitrogens is 3. The molecule has 22 heavy (non-hydrogen) atoms. The van der Waals surface area contributed by atoms with Gasteiger partial charge in [0.25, 0.3) is 0 Å². The van der Waals surface area contributed by atoms with Crippen molar-refractivity contribution in [2.75, 3.05) is 7.05 Å². The van der Waals surface area contributed by atoms with E-state index in [1.807, 2.05) is 11.9 Å². The lowest BCUT2D eigenvalue weighted by Crippen LogP contribution is -2.40. The monoisotopic (exact) mass is 300 g/mol. The van der Waals surface area contributed by atoms with Gasteiger partial charge in [-0.05, 0) is 18.9 Å². The van der Waals surface area contributed by atoms with Gasteiger partial charge in [-0.2, -0.15) is 4.73 Å². The zero-order valence-electron chi connectivity index (χ0n) is 12.7. The number of carbonyl (C=O) groups is 1. The summed E-state index contributed by atoms with van der Waals surface area (Å²) in [5.74, 6) is 0. The molecule has 0 bridgehead atoms.